The highest BCUT2D eigenvalue weighted by molar-refractivity contribution is 7.99. The normalized spacial score (nSPS) is 14.4. The van der Waals surface area contributed by atoms with E-state index in [1.807, 2.05) is 24.9 Å². The van der Waals surface area contributed by atoms with Crippen LogP contribution in [-0.4, -0.2) is 24.2 Å². The van der Waals surface area contributed by atoms with Gasteiger partial charge in [-0.05, 0) is 33.4 Å². The predicted molar refractivity (Wildman–Crippen MR) is 86.2 cm³/mol. The molecule has 0 aliphatic heterocycles. The molecule has 0 aliphatic carbocycles. The van der Waals surface area contributed by atoms with E-state index in [1.54, 1.807) is 0 Å². The molecule has 0 bridgehead atoms. The second-order valence-corrected chi connectivity index (χ2v) is 6.57. The summed E-state index contributed by atoms with van der Waals surface area (Å²) in [7, 11) is 2.02. The fraction of sp³-hybridized carbons (Fsp3) is 0.625. The summed E-state index contributed by atoms with van der Waals surface area (Å²) in [6, 6.07) is 8.69. The zero-order valence-electron chi connectivity index (χ0n) is 12.8. The Morgan fingerprint density at radius 3 is 2.47 bits per heavy atom. The van der Waals surface area contributed by atoms with E-state index < -0.39 is 0 Å². The molecule has 1 aromatic carbocycles. The lowest BCUT2D eigenvalue weighted by Crippen LogP contribution is -2.21. The molecular formula is C16H27NOS. The van der Waals surface area contributed by atoms with Crippen molar-refractivity contribution >= 4 is 11.8 Å². The van der Waals surface area contributed by atoms with Gasteiger partial charge < -0.3 is 10.1 Å². The standard InChI is InChI=1S/C16H27NOS/c1-6-13(4)19-11-15(17-5)14-9-7-8-10-16(14)18-12(2)3/h7-10,12-13,15,17H,6,11H2,1-5H3. The summed E-state index contributed by atoms with van der Waals surface area (Å²) in [5, 5.41) is 4.11. The van der Waals surface area contributed by atoms with E-state index in [2.05, 4.69) is 51.2 Å². The van der Waals surface area contributed by atoms with Gasteiger partial charge >= 0.3 is 0 Å². The molecule has 0 heterocycles. The highest BCUT2D eigenvalue weighted by Gasteiger charge is 2.16. The van der Waals surface area contributed by atoms with Crippen molar-refractivity contribution in [3.05, 3.63) is 29.8 Å². The molecule has 19 heavy (non-hydrogen) atoms. The van der Waals surface area contributed by atoms with Crippen LogP contribution in [0.2, 0.25) is 0 Å². The molecule has 0 aliphatic rings. The smallest absolute Gasteiger partial charge is 0.124 e. The van der Waals surface area contributed by atoms with Crippen LogP contribution in [0.15, 0.2) is 24.3 Å². The maximum absolute atomic E-state index is 5.91. The van der Waals surface area contributed by atoms with Gasteiger partial charge in [-0.3, -0.25) is 0 Å². The lowest BCUT2D eigenvalue weighted by molar-refractivity contribution is 0.238. The van der Waals surface area contributed by atoms with E-state index in [1.165, 1.54) is 12.0 Å². The van der Waals surface area contributed by atoms with E-state index in [-0.39, 0.29) is 6.10 Å². The fourth-order valence-corrected chi connectivity index (χ4v) is 2.94. The minimum atomic E-state index is 0.209. The first kappa shape index (κ1) is 16.4. The quantitative estimate of drug-likeness (QED) is 0.769. The molecule has 0 aromatic heterocycles. The number of thioether (sulfide) groups is 1. The molecule has 1 aromatic rings. The molecule has 0 spiro atoms. The molecule has 2 nitrogen and oxygen atoms in total. The minimum Gasteiger partial charge on any atom is -0.491 e. The van der Waals surface area contributed by atoms with Crippen molar-refractivity contribution < 1.29 is 4.74 Å². The van der Waals surface area contributed by atoms with Crippen molar-refractivity contribution in [1.82, 2.24) is 5.32 Å². The topological polar surface area (TPSA) is 21.3 Å². The van der Waals surface area contributed by atoms with Gasteiger partial charge in [-0.2, -0.15) is 11.8 Å². The van der Waals surface area contributed by atoms with Crippen LogP contribution in [0.5, 0.6) is 5.75 Å². The molecular weight excluding hydrogens is 254 g/mol. The largest absolute Gasteiger partial charge is 0.491 e. The van der Waals surface area contributed by atoms with Gasteiger partial charge in [0.1, 0.15) is 5.75 Å². The first-order valence-corrected chi connectivity index (χ1v) is 8.17. The van der Waals surface area contributed by atoms with Crippen molar-refractivity contribution in [2.24, 2.45) is 0 Å². The van der Waals surface area contributed by atoms with Crippen LogP contribution < -0.4 is 10.1 Å². The number of nitrogens with one attached hydrogen (secondary N) is 1. The number of hydrogen-bond acceptors (Lipinski definition) is 3. The van der Waals surface area contributed by atoms with Crippen LogP contribution in [0.1, 0.15) is 45.7 Å². The van der Waals surface area contributed by atoms with Gasteiger partial charge in [0, 0.05) is 22.6 Å². The first-order valence-electron chi connectivity index (χ1n) is 7.12. The third kappa shape index (κ3) is 5.45. The molecule has 2 atom stereocenters. The predicted octanol–water partition coefficient (Wildman–Crippen LogP) is 4.27. The van der Waals surface area contributed by atoms with Crippen LogP contribution in [0.4, 0.5) is 0 Å². The molecule has 0 amide bonds. The maximum atomic E-state index is 5.91. The summed E-state index contributed by atoms with van der Waals surface area (Å²) in [5.74, 6) is 2.07. The summed E-state index contributed by atoms with van der Waals surface area (Å²) in [6.07, 6.45) is 1.42. The van der Waals surface area contributed by atoms with Gasteiger partial charge in [0.2, 0.25) is 0 Å². The minimum absolute atomic E-state index is 0.209. The molecule has 0 fully saturated rings. The maximum Gasteiger partial charge on any atom is 0.124 e. The van der Waals surface area contributed by atoms with Gasteiger partial charge in [-0.15, -0.1) is 0 Å². The van der Waals surface area contributed by atoms with Crippen molar-refractivity contribution in [2.75, 3.05) is 12.8 Å². The number of rotatable bonds is 8. The van der Waals surface area contributed by atoms with E-state index in [0.29, 0.717) is 11.3 Å². The Morgan fingerprint density at radius 2 is 1.89 bits per heavy atom. The lowest BCUT2D eigenvalue weighted by Gasteiger charge is -2.22. The van der Waals surface area contributed by atoms with Gasteiger partial charge in [0.05, 0.1) is 6.10 Å². The molecule has 2 unspecified atom stereocenters. The van der Waals surface area contributed by atoms with E-state index in [4.69, 9.17) is 4.74 Å². The Labute approximate surface area is 122 Å². The summed E-state index contributed by atoms with van der Waals surface area (Å²) in [4.78, 5) is 0. The SMILES string of the molecule is CCC(C)SCC(NC)c1ccccc1OC(C)C. The first-order chi connectivity index (χ1) is 9.08. The fourth-order valence-electron chi connectivity index (χ4n) is 1.84. The third-order valence-electron chi connectivity index (χ3n) is 3.13. The molecule has 0 saturated carbocycles. The Kier molecular flexibility index (Phi) is 7.32. The Bertz CT molecular complexity index is 368. The van der Waals surface area contributed by atoms with Crippen molar-refractivity contribution in [3.8, 4) is 5.75 Å². The van der Waals surface area contributed by atoms with Crippen LogP contribution >= 0.6 is 11.8 Å². The van der Waals surface area contributed by atoms with Crippen molar-refractivity contribution in [3.63, 3.8) is 0 Å². The van der Waals surface area contributed by atoms with E-state index in [9.17, 15) is 0 Å². The lowest BCUT2D eigenvalue weighted by atomic mass is 10.1. The van der Waals surface area contributed by atoms with Crippen LogP contribution in [0.3, 0.4) is 0 Å². The monoisotopic (exact) mass is 281 g/mol. The molecule has 1 N–H and O–H groups in total. The summed E-state index contributed by atoms with van der Waals surface area (Å²) in [5.41, 5.74) is 1.26. The van der Waals surface area contributed by atoms with E-state index >= 15 is 0 Å². The van der Waals surface area contributed by atoms with Crippen molar-refractivity contribution in [1.29, 1.82) is 0 Å². The van der Waals surface area contributed by atoms with Gasteiger partial charge in [0.25, 0.3) is 0 Å². The molecule has 0 radical (unpaired) electrons. The Balaban J connectivity index is 2.79. The molecule has 3 heteroatoms. The molecule has 108 valence electrons. The number of ether oxygens (including phenoxy) is 1. The highest BCUT2D eigenvalue weighted by atomic mass is 32.2. The number of hydrogen-bond donors (Lipinski definition) is 1. The summed E-state index contributed by atoms with van der Waals surface area (Å²) in [6.45, 7) is 8.66. The van der Waals surface area contributed by atoms with Gasteiger partial charge in [-0.1, -0.05) is 32.0 Å². The third-order valence-corrected chi connectivity index (χ3v) is 4.56. The Morgan fingerprint density at radius 1 is 1.21 bits per heavy atom. The summed E-state index contributed by atoms with van der Waals surface area (Å²) < 4.78 is 5.91. The van der Waals surface area contributed by atoms with Crippen LogP contribution in [0, 0.1) is 0 Å². The van der Waals surface area contributed by atoms with Crippen LogP contribution in [-0.2, 0) is 0 Å². The zero-order chi connectivity index (χ0) is 14.3. The second-order valence-electron chi connectivity index (χ2n) is 5.10. The van der Waals surface area contributed by atoms with Gasteiger partial charge in [0.15, 0.2) is 0 Å². The summed E-state index contributed by atoms with van der Waals surface area (Å²) >= 11 is 2.01. The average Bonchev–Trinajstić information content (AvgIpc) is 2.40. The Hall–Kier alpha value is -0.670. The van der Waals surface area contributed by atoms with Crippen molar-refractivity contribution in [2.45, 2.75) is 51.5 Å². The number of benzene rings is 1. The zero-order valence-corrected chi connectivity index (χ0v) is 13.6. The molecule has 0 saturated heterocycles. The molecule has 1 rings (SSSR count). The number of para-hydroxylation sites is 1. The second kappa shape index (κ2) is 8.49. The average molecular weight is 281 g/mol. The highest BCUT2D eigenvalue weighted by Crippen LogP contribution is 2.29. The van der Waals surface area contributed by atoms with Gasteiger partial charge in [-0.25, -0.2) is 0 Å². The van der Waals surface area contributed by atoms with E-state index in [0.717, 1.165) is 11.5 Å². The van der Waals surface area contributed by atoms with Crippen LogP contribution in [0.25, 0.3) is 0 Å².